The molecule has 0 fully saturated rings. The van der Waals surface area contributed by atoms with E-state index in [4.69, 9.17) is 11.6 Å². The molecule has 1 aromatic heterocycles. The van der Waals surface area contributed by atoms with Crippen LogP contribution in [-0.2, 0) is 17.6 Å². The quantitative estimate of drug-likeness (QED) is 0.651. The van der Waals surface area contributed by atoms with Gasteiger partial charge in [-0.1, -0.05) is 30.7 Å². The fourth-order valence-electron chi connectivity index (χ4n) is 3.10. The SMILES string of the molecule is C[C@H]1CCc2sc(C(=O)NNC(=O)CCNC(=O)c3ccccc3Cl)cc2C1. The molecular weight excluding hydrogens is 398 g/mol. The number of hydrazine groups is 1. The molecule has 8 heteroatoms. The van der Waals surface area contributed by atoms with Crippen LogP contribution in [0.4, 0.5) is 0 Å². The van der Waals surface area contributed by atoms with Crippen LogP contribution in [0, 0.1) is 5.92 Å². The average molecular weight is 420 g/mol. The van der Waals surface area contributed by atoms with Crippen molar-refractivity contribution in [1.29, 1.82) is 0 Å². The number of carbonyl (C=O) groups is 3. The van der Waals surface area contributed by atoms with Gasteiger partial charge in [0.15, 0.2) is 0 Å². The number of thiophene rings is 1. The topological polar surface area (TPSA) is 87.3 Å². The van der Waals surface area contributed by atoms with Crippen molar-refractivity contribution in [3.8, 4) is 0 Å². The zero-order valence-corrected chi connectivity index (χ0v) is 17.1. The molecule has 0 aliphatic heterocycles. The molecule has 2 aromatic rings. The third-order valence-corrected chi connectivity index (χ3v) is 6.19. The van der Waals surface area contributed by atoms with Crippen molar-refractivity contribution < 1.29 is 14.4 Å². The van der Waals surface area contributed by atoms with E-state index in [1.165, 1.54) is 21.8 Å². The molecule has 1 aliphatic carbocycles. The van der Waals surface area contributed by atoms with Crippen molar-refractivity contribution >= 4 is 40.7 Å². The van der Waals surface area contributed by atoms with Crippen LogP contribution < -0.4 is 16.2 Å². The zero-order valence-electron chi connectivity index (χ0n) is 15.5. The van der Waals surface area contributed by atoms with Crippen LogP contribution >= 0.6 is 22.9 Å². The number of rotatable bonds is 5. The fourth-order valence-corrected chi connectivity index (χ4v) is 4.42. The van der Waals surface area contributed by atoms with Crippen molar-refractivity contribution in [2.75, 3.05) is 6.54 Å². The Labute approximate surface area is 172 Å². The van der Waals surface area contributed by atoms with E-state index in [1.54, 1.807) is 24.3 Å². The van der Waals surface area contributed by atoms with Gasteiger partial charge in [-0.05, 0) is 48.9 Å². The summed E-state index contributed by atoms with van der Waals surface area (Å²) in [5.41, 5.74) is 6.42. The Bertz CT molecular complexity index is 897. The Morgan fingerprint density at radius 2 is 1.96 bits per heavy atom. The molecule has 1 aliphatic rings. The van der Waals surface area contributed by atoms with E-state index < -0.39 is 0 Å². The largest absolute Gasteiger partial charge is 0.351 e. The van der Waals surface area contributed by atoms with Crippen molar-refractivity contribution in [3.05, 3.63) is 56.2 Å². The van der Waals surface area contributed by atoms with Gasteiger partial charge >= 0.3 is 0 Å². The molecule has 1 atom stereocenters. The van der Waals surface area contributed by atoms with Gasteiger partial charge in [-0.15, -0.1) is 11.3 Å². The van der Waals surface area contributed by atoms with Crippen LogP contribution in [0.3, 0.4) is 0 Å². The van der Waals surface area contributed by atoms with Gasteiger partial charge in [0.05, 0.1) is 15.5 Å². The summed E-state index contributed by atoms with van der Waals surface area (Å²) in [6.07, 6.45) is 3.18. The number of fused-ring (bicyclic) bond motifs is 1. The van der Waals surface area contributed by atoms with E-state index in [2.05, 4.69) is 23.1 Å². The molecule has 0 saturated heterocycles. The van der Waals surface area contributed by atoms with E-state index in [-0.39, 0.29) is 30.7 Å². The van der Waals surface area contributed by atoms with Gasteiger partial charge < -0.3 is 5.32 Å². The van der Waals surface area contributed by atoms with Crippen LogP contribution in [-0.4, -0.2) is 24.3 Å². The van der Waals surface area contributed by atoms with E-state index in [0.717, 1.165) is 19.3 Å². The summed E-state index contributed by atoms with van der Waals surface area (Å²) in [4.78, 5) is 38.0. The second kappa shape index (κ2) is 9.21. The Morgan fingerprint density at radius 3 is 2.75 bits per heavy atom. The van der Waals surface area contributed by atoms with Gasteiger partial charge in [0.25, 0.3) is 11.8 Å². The van der Waals surface area contributed by atoms with Gasteiger partial charge in [0.2, 0.25) is 5.91 Å². The lowest BCUT2D eigenvalue weighted by Gasteiger charge is -2.16. The molecule has 148 valence electrons. The number of halogens is 1. The summed E-state index contributed by atoms with van der Waals surface area (Å²) >= 11 is 7.45. The van der Waals surface area contributed by atoms with Crippen LogP contribution in [0.15, 0.2) is 30.3 Å². The monoisotopic (exact) mass is 419 g/mol. The van der Waals surface area contributed by atoms with E-state index in [9.17, 15) is 14.4 Å². The molecule has 0 radical (unpaired) electrons. The Kier molecular flexibility index (Phi) is 6.70. The van der Waals surface area contributed by atoms with E-state index in [1.807, 2.05) is 6.07 Å². The smallest absolute Gasteiger partial charge is 0.279 e. The van der Waals surface area contributed by atoms with Gasteiger partial charge in [0.1, 0.15) is 0 Å². The molecule has 0 saturated carbocycles. The molecule has 6 nitrogen and oxygen atoms in total. The molecular formula is C20H22ClN3O3S. The second-order valence-corrected chi connectivity index (χ2v) is 8.44. The maximum Gasteiger partial charge on any atom is 0.279 e. The first kappa shape index (κ1) is 20.4. The summed E-state index contributed by atoms with van der Waals surface area (Å²) in [7, 11) is 0. The molecule has 3 N–H and O–H groups in total. The zero-order chi connectivity index (χ0) is 20.1. The first-order chi connectivity index (χ1) is 13.4. The summed E-state index contributed by atoms with van der Waals surface area (Å²) in [5.74, 6) is -0.414. The van der Waals surface area contributed by atoms with Crippen molar-refractivity contribution in [3.63, 3.8) is 0 Å². The van der Waals surface area contributed by atoms with Crippen molar-refractivity contribution in [1.82, 2.24) is 16.2 Å². The molecule has 3 rings (SSSR count). The summed E-state index contributed by atoms with van der Waals surface area (Å²) in [5, 5.41) is 2.98. The highest BCUT2D eigenvalue weighted by atomic mass is 35.5. The lowest BCUT2D eigenvalue weighted by Crippen LogP contribution is -2.42. The third-order valence-electron chi connectivity index (χ3n) is 4.62. The number of hydrogen-bond acceptors (Lipinski definition) is 4. The molecule has 0 unspecified atom stereocenters. The minimum absolute atomic E-state index is 0.0366. The predicted octanol–water partition coefficient (Wildman–Crippen LogP) is 3.11. The molecule has 0 bridgehead atoms. The molecule has 3 amide bonds. The highest BCUT2D eigenvalue weighted by molar-refractivity contribution is 7.14. The molecule has 1 aromatic carbocycles. The average Bonchev–Trinajstić information content (AvgIpc) is 3.09. The predicted molar refractivity (Wildman–Crippen MR) is 110 cm³/mol. The normalized spacial score (nSPS) is 15.4. The van der Waals surface area contributed by atoms with E-state index >= 15 is 0 Å². The Hall–Kier alpha value is -2.38. The lowest BCUT2D eigenvalue weighted by atomic mass is 9.90. The van der Waals surface area contributed by atoms with Crippen LogP contribution in [0.5, 0.6) is 0 Å². The number of aryl methyl sites for hydroxylation is 1. The van der Waals surface area contributed by atoms with Crippen LogP contribution in [0.1, 0.15) is 50.2 Å². The van der Waals surface area contributed by atoms with Gasteiger partial charge in [-0.3, -0.25) is 25.2 Å². The van der Waals surface area contributed by atoms with Crippen LogP contribution in [0.2, 0.25) is 5.02 Å². The lowest BCUT2D eigenvalue weighted by molar-refractivity contribution is -0.121. The maximum absolute atomic E-state index is 12.3. The number of benzene rings is 1. The van der Waals surface area contributed by atoms with E-state index in [0.29, 0.717) is 21.4 Å². The van der Waals surface area contributed by atoms with Gasteiger partial charge in [-0.2, -0.15) is 0 Å². The van der Waals surface area contributed by atoms with Gasteiger partial charge in [0, 0.05) is 17.8 Å². The number of amides is 3. The maximum atomic E-state index is 12.3. The molecule has 28 heavy (non-hydrogen) atoms. The second-order valence-electron chi connectivity index (χ2n) is 6.90. The summed E-state index contributed by atoms with van der Waals surface area (Å²) < 4.78 is 0. The number of carbonyl (C=O) groups excluding carboxylic acids is 3. The minimum Gasteiger partial charge on any atom is -0.351 e. The highest BCUT2D eigenvalue weighted by Crippen LogP contribution is 2.32. The molecule has 1 heterocycles. The van der Waals surface area contributed by atoms with Gasteiger partial charge in [-0.25, -0.2) is 0 Å². The summed E-state index contributed by atoms with van der Waals surface area (Å²) in [6, 6.07) is 8.61. The van der Waals surface area contributed by atoms with Crippen molar-refractivity contribution in [2.24, 2.45) is 5.92 Å². The standard InChI is InChI=1S/C20H22ClN3O3S/c1-12-6-7-16-13(10-12)11-17(28-16)20(27)24-23-18(25)8-9-22-19(26)14-4-2-3-5-15(14)21/h2-5,11-12H,6-10H2,1H3,(H,22,26)(H,23,25)(H,24,27)/t12-/m0/s1. The number of hydrogen-bond donors (Lipinski definition) is 3. The first-order valence-electron chi connectivity index (χ1n) is 9.17. The Balaban J connectivity index is 1.41. The van der Waals surface area contributed by atoms with Crippen LogP contribution in [0.25, 0.3) is 0 Å². The fraction of sp³-hybridized carbons (Fsp3) is 0.350. The Morgan fingerprint density at radius 1 is 1.18 bits per heavy atom. The third kappa shape index (κ3) is 5.11. The highest BCUT2D eigenvalue weighted by Gasteiger charge is 2.20. The minimum atomic E-state index is -0.386. The first-order valence-corrected chi connectivity index (χ1v) is 10.4. The summed E-state index contributed by atoms with van der Waals surface area (Å²) in [6.45, 7) is 2.35. The number of nitrogens with one attached hydrogen (secondary N) is 3. The molecule has 0 spiro atoms. The van der Waals surface area contributed by atoms with Crippen molar-refractivity contribution in [2.45, 2.75) is 32.6 Å².